The minimum atomic E-state index is 0.279. The van der Waals surface area contributed by atoms with Gasteiger partial charge in [0.2, 0.25) is 0 Å². The molecule has 1 aromatic carbocycles. The Hall–Kier alpha value is -1.18. The lowest BCUT2D eigenvalue weighted by Gasteiger charge is -2.14. The molecule has 1 atom stereocenters. The normalized spacial score (nSPS) is 12.5. The second-order valence-corrected chi connectivity index (χ2v) is 4.97. The van der Waals surface area contributed by atoms with Gasteiger partial charge in [0, 0.05) is 18.3 Å². The molecule has 1 N–H and O–H groups in total. The van der Waals surface area contributed by atoms with Crippen molar-refractivity contribution in [2.45, 2.75) is 46.6 Å². The molecule has 1 aromatic rings. The predicted octanol–water partition coefficient (Wildman–Crippen LogP) is 4.32. The van der Waals surface area contributed by atoms with Gasteiger partial charge < -0.3 is 10.1 Å². The van der Waals surface area contributed by atoms with Crippen LogP contribution in [-0.2, 0) is 0 Å². The highest BCUT2D eigenvalue weighted by Crippen LogP contribution is 2.19. The van der Waals surface area contributed by atoms with E-state index in [9.17, 15) is 0 Å². The van der Waals surface area contributed by atoms with E-state index in [0.717, 1.165) is 30.3 Å². The maximum Gasteiger partial charge on any atom is 0.121 e. The van der Waals surface area contributed by atoms with Crippen molar-refractivity contribution in [3.8, 4) is 5.75 Å². The molecule has 0 radical (unpaired) electrons. The smallest absolute Gasteiger partial charge is 0.121 e. The number of nitrogens with one attached hydrogen (secondary N) is 1. The summed E-state index contributed by atoms with van der Waals surface area (Å²) >= 11 is 0. The summed E-state index contributed by atoms with van der Waals surface area (Å²) in [6, 6.07) is 8.21. The molecule has 0 aliphatic heterocycles. The van der Waals surface area contributed by atoms with Crippen LogP contribution in [0.2, 0.25) is 0 Å². The minimum Gasteiger partial charge on any atom is -0.491 e. The minimum absolute atomic E-state index is 0.279. The SMILES string of the molecule is CCC(C)Oc1cccc(NCCC(C)C)c1. The van der Waals surface area contributed by atoms with Gasteiger partial charge >= 0.3 is 0 Å². The number of hydrogen-bond donors (Lipinski definition) is 1. The third-order valence-electron chi connectivity index (χ3n) is 2.80. The van der Waals surface area contributed by atoms with Crippen molar-refractivity contribution in [2.75, 3.05) is 11.9 Å². The molecule has 0 saturated carbocycles. The summed E-state index contributed by atoms with van der Waals surface area (Å²) in [5.41, 5.74) is 1.14. The van der Waals surface area contributed by atoms with Gasteiger partial charge in [-0.25, -0.2) is 0 Å². The summed E-state index contributed by atoms with van der Waals surface area (Å²) in [6.45, 7) is 9.73. The van der Waals surface area contributed by atoms with Crippen molar-refractivity contribution in [1.82, 2.24) is 0 Å². The highest BCUT2D eigenvalue weighted by Gasteiger charge is 2.02. The molecule has 0 spiro atoms. The molecule has 1 rings (SSSR count). The quantitative estimate of drug-likeness (QED) is 0.760. The summed E-state index contributed by atoms with van der Waals surface area (Å²) in [5.74, 6) is 1.69. The number of rotatable bonds is 7. The molecular formula is C15H25NO. The van der Waals surface area contributed by atoms with E-state index in [1.807, 2.05) is 12.1 Å². The summed E-state index contributed by atoms with van der Waals surface area (Å²) in [6.07, 6.45) is 2.50. The van der Waals surface area contributed by atoms with Crippen molar-refractivity contribution in [3.05, 3.63) is 24.3 Å². The molecule has 0 aliphatic rings. The Morgan fingerprint density at radius 3 is 2.65 bits per heavy atom. The van der Waals surface area contributed by atoms with Gasteiger partial charge in [0.25, 0.3) is 0 Å². The molecule has 0 bridgehead atoms. The molecule has 0 aliphatic carbocycles. The number of anilines is 1. The van der Waals surface area contributed by atoms with Crippen molar-refractivity contribution in [1.29, 1.82) is 0 Å². The first-order valence-corrected chi connectivity index (χ1v) is 6.62. The zero-order chi connectivity index (χ0) is 12.7. The Morgan fingerprint density at radius 2 is 2.00 bits per heavy atom. The summed E-state index contributed by atoms with van der Waals surface area (Å²) in [4.78, 5) is 0. The van der Waals surface area contributed by atoms with Crippen LogP contribution in [0.3, 0.4) is 0 Å². The Bertz CT molecular complexity index is 322. The Labute approximate surface area is 105 Å². The van der Waals surface area contributed by atoms with Crippen LogP contribution in [-0.4, -0.2) is 12.6 Å². The average Bonchev–Trinajstić information content (AvgIpc) is 2.29. The second kappa shape index (κ2) is 7.21. The molecule has 0 fully saturated rings. The maximum absolute atomic E-state index is 5.79. The lowest BCUT2D eigenvalue weighted by molar-refractivity contribution is 0.217. The van der Waals surface area contributed by atoms with Crippen molar-refractivity contribution >= 4 is 5.69 Å². The van der Waals surface area contributed by atoms with Gasteiger partial charge in [0.05, 0.1) is 6.10 Å². The van der Waals surface area contributed by atoms with Crippen molar-refractivity contribution in [3.63, 3.8) is 0 Å². The first kappa shape index (κ1) is 13.9. The topological polar surface area (TPSA) is 21.3 Å². The lowest BCUT2D eigenvalue weighted by Crippen LogP contribution is -2.10. The van der Waals surface area contributed by atoms with Crippen LogP contribution in [0.25, 0.3) is 0 Å². The fraction of sp³-hybridized carbons (Fsp3) is 0.600. The zero-order valence-corrected chi connectivity index (χ0v) is 11.5. The van der Waals surface area contributed by atoms with Gasteiger partial charge in [-0.3, -0.25) is 0 Å². The molecule has 0 saturated heterocycles. The van der Waals surface area contributed by atoms with Crippen LogP contribution in [0.1, 0.15) is 40.5 Å². The van der Waals surface area contributed by atoms with E-state index >= 15 is 0 Å². The van der Waals surface area contributed by atoms with E-state index < -0.39 is 0 Å². The van der Waals surface area contributed by atoms with Gasteiger partial charge in [-0.2, -0.15) is 0 Å². The molecular weight excluding hydrogens is 210 g/mol. The standard InChI is InChI=1S/C15H25NO/c1-5-13(4)17-15-8-6-7-14(11-15)16-10-9-12(2)3/h6-8,11-13,16H,5,9-10H2,1-4H3. The van der Waals surface area contributed by atoms with E-state index in [-0.39, 0.29) is 6.10 Å². The van der Waals surface area contributed by atoms with Crippen LogP contribution in [0, 0.1) is 5.92 Å². The highest BCUT2D eigenvalue weighted by atomic mass is 16.5. The van der Waals surface area contributed by atoms with Gasteiger partial charge in [-0.05, 0) is 37.8 Å². The first-order chi connectivity index (χ1) is 8.11. The predicted molar refractivity (Wildman–Crippen MR) is 74.8 cm³/mol. The molecule has 0 amide bonds. The Kier molecular flexibility index (Phi) is 5.88. The largest absolute Gasteiger partial charge is 0.491 e. The third kappa shape index (κ3) is 5.62. The average molecular weight is 235 g/mol. The first-order valence-electron chi connectivity index (χ1n) is 6.62. The van der Waals surface area contributed by atoms with E-state index in [1.165, 1.54) is 6.42 Å². The molecule has 0 heterocycles. The van der Waals surface area contributed by atoms with Gasteiger partial charge in [0.1, 0.15) is 5.75 Å². The molecule has 96 valence electrons. The van der Waals surface area contributed by atoms with E-state index in [2.05, 4.69) is 45.1 Å². The van der Waals surface area contributed by atoms with Crippen molar-refractivity contribution in [2.24, 2.45) is 5.92 Å². The number of ether oxygens (including phenoxy) is 1. The second-order valence-electron chi connectivity index (χ2n) is 4.97. The van der Waals surface area contributed by atoms with Crippen LogP contribution >= 0.6 is 0 Å². The van der Waals surface area contributed by atoms with E-state index in [4.69, 9.17) is 4.74 Å². The monoisotopic (exact) mass is 235 g/mol. The fourth-order valence-corrected chi connectivity index (χ4v) is 1.50. The Morgan fingerprint density at radius 1 is 1.24 bits per heavy atom. The van der Waals surface area contributed by atoms with E-state index in [1.54, 1.807) is 0 Å². The summed E-state index contributed by atoms with van der Waals surface area (Å²) in [7, 11) is 0. The summed E-state index contributed by atoms with van der Waals surface area (Å²) in [5, 5.41) is 3.43. The van der Waals surface area contributed by atoms with E-state index in [0.29, 0.717) is 0 Å². The fourth-order valence-electron chi connectivity index (χ4n) is 1.50. The van der Waals surface area contributed by atoms with Gasteiger partial charge in [0.15, 0.2) is 0 Å². The molecule has 1 unspecified atom stereocenters. The third-order valence-corrected chi connectivity index (χ3v) is 2.80. The Balaban J connectivity index is 2.48. The highest BCUT2D eigenvalue weighted by molar-refractivity contribution is 5.48. The van der Waals surface area contributed by atoms with Crippen LogP contribution in [0.4, 0.5) is 5.69 Å². The molecule has 2 nitrogen and oxygen atoms in total. The summed E-state index contributed by atoms with van der Waals surface area (Å²) < 4.78 is 5.79. The van der Waals surface area contributed by atoms with Crippen molar-refractivity contribution < 1.29 is 4.74 Å². The molecule has 17 heavy (non-hydrogen) atoms. The van der Waals surface area contributed by atoms with Crippen LogP contribution in [0.5, 0.6) is 5.75 Å². The number of benzene rings is 1. The van der Waals surface area contributed by atoms with Crippen LogP contribution < -0.4 is 10.1 Å². The molecule has 0 aromatic heterocycles. The molecule has 2 heteroatoms. The van der Waals surface area contributed by atoms with Gasteiger partial charge in [-0.1, -0.05) is 26.8 Å². The number of hydrogen-bond acceptors (Lipinski definition) is 2. The lowest BCUT2D eigenvalue weighted by atomic mass is 10.1. The maximum atomic E-state index is 5.79. The van der Waals surface area contributed by atoms with Gasteiger partial charge in [-0.15, -0.1) is 0 Å². The zero-order valence-electron chi connectivity index (χ0n) is 11.5. The van der Waals surface area contributed by atoms with Crippen LogP contribution in [0.15, 0.2) is 24.3 Å².